The number of ether oxygens (including phenoxy) is 1. The molecule has 0 unspecified atom stereocenters. The molecule has 0 radical (unpaired) electrons. The Balaban J connectivity index is 0.000000330. The van der Waals surface area contributed by atoms with Crippen LogP contribution >= 0.6 is 11.6 Å². The summed E-state index contributed by atoms with van der Waals surface area (Å²) in [6.45, 7) is 8.03. The van der Waals surface area contributed by atoms with Crippen molar-refractivity contribution in [1.29, 1.82) is 0 Å². The molecule has 28 heavy (non-hydrogen) atoms. The molecule has 0 atom stereocenters. The number of pyridine rings is 1. The number of benzene rings is 1. The van der Waals surface area contributed by atoms with Crippen molar-refractivity contribution in [3.8, 4) is 5.75 Å². The van der Waals surface area contributed by atoms with Gasteiger partial charge < -0.3 is 15.8 Å². The lowest BCUT2D eigenvalue weighted by molar-refractivity contribution is -0.274. The molecule has 0 spiro atoms. The summed E-state index contributed by atoms with van der Waals surface area (Å²) in [5.41, 5.74) is 6.86. The van der Waals surface area contributed by atoms with E-state index in [1.165, 1.54) is 18.2 Å². The Morgan fingerprint density at radius 3 is 2.29 bits per heavy atom. The van der Waals surface area contributed by atoms with Gasteiger partial charge in [-0.15, -0.1) is 25.3 Å². The van der Waals surface area contributed by atoms with Crippen molar-refractivity contribution < 1.29 is 22.7 Å². The molecule has 0 aliphatic rings. The van der Waals surface area contributed by atoms with Gasteiger partial charge in [0.05, 0.1) is 5.02 Å². The molecule has 9 heteroatoms. The number of nitrogens with zero attached hydrogens (tertiary/aromatic N) is 2. The van der Waals surface area contributed by atoms with Gasteiger partial charge in [-0.25, -0.2) is 0 Å². The van der Waals surface area contributed by atoms with E-state index < -0.39 is 18.0 Å². The second-order valence-corrected chi connectivity index (χ2v) is 7.26. The maximum Gasteiger partial charge on any atom is 0.573 e. The average molecular weight is 417 g/mol. The predicted octanol–water partition coefficient (Wildman–Crippen LogP) is 5.40. The largest absolute Gasteiger partial charge is 0.654 e. The summed E-state index contributed by atoms with van der Waals surface area (Å²) in [5, 5.41) is 4.28. The summed E-state index contributed by atoms with van der Waals surface area (Å²) in [5.74, 6) is -0.811. The van der Waals surface area contributed by atoms with Crippen LogP contribution in [0.4, 0.5) is 13.2 Å². The number of hydrogen-bond acceptors (Lipinski definition) is 3. The summed E-state index contributed by atoms with van der Waals surface area (Å²) < 4.78 is 39.9. The minimum Gasteiger partial charge on any atom is -0.654 e. The minimum atomic E-state index is -4.74. The minimum absolute atomic E-state index is 0.0751. The molecule has 2 rings (SSSR count). The van der Waals surface area contributed by atoms with E-state index in [-0.39, 0.29) is 10.6 Å². The van der Waals surface area contributed by atoms with Crippen LogP contribution in [0, 0.1) is 6.92 Å². The molecule has 5 nitrogen and oxygen atoms in total. The first-order valence-electron chi connectivity index (χ1n) is 8.22. The Hall–Kier alpha value is -2.32. The van der Waals surface area contributed by atoms with E-state index in [0.717, 1.165) is 11.3 Å². The summed E-state index contributed by atoms with van der Waals surface area (Å²) >= 11 is 5.72. The third-order valence-corrected chi connectivity index (χ3v) is 3.43. The lowest BCUT2D eigenvalue weighted by atomic mass is 10.1. The number of amides is 1. The van der Waals surface area contributed by atoms with Crippen LogP contribution in [0.2, 0.25) is 5.02 Å². The highest BCUT2D eigenvalue weighted by Crippen LogP contribution is 2.31. The van der Waals surface area contributed by atoms with E-state index in [2.05, 4.69) is 15.0 Å². The maximum atomic E-state index is 12.0. The van der Waals surface area contributed by atoms with E-state index in [4.69, 9.17) is 17.3 Å². The molecule has 1 aromatic carbocycles. The van der Waals surface area contributed by atoms with Crippen LogP contribution in [0.1, 0.15) is 42.4 Å². The molecule has 2 aromatic rings. The highest BCUT2D eigenvalue weighted by Gasteiger charge is 2.31. The van der Waals surface area contributed by atoms with Gasteiger partial charge in [0, 0.05) is 17.5 Å². The summed E-state index contributed by atoms with van der Waals surface area (Å²) in [6, 6.07) is 7.39. The number of carbonyl (C=O) groups is 1. The normalized spacial score (nSPS) is 11.4. The topological polar surface area (TPSA) is 79.3 Å². The molecule has 154 valence electrons. The molecule has 0 aliphatic heterocycles. The molecule has 0 saturated carbocycles. The molecular weight excluding hydrogens is 395 g/mol. The number of halogens is 4. The fourth-order valence-corrected chi connectivity index (χ4v) is 2.12. The lowest BCUT2D eigenvalue weighted by Gasteiger charge is -2.36. The number of alkyl halides is 3. The smallest absolute Gasteiger partial charge is 0.573 e. The summed E-state index contributed by atoms with van der Waals surface area (Å²) in [7, 11) is 0. The molecule has 1 aromatic heterocycles. The van der Waals surface area contributed by atoms with Crippen molar-refractivity contribution in [2.75, 3.05) is 0 Å². The fraction of sp³-hybridized carbons (Fsp3) is 0.368. The van der Waals surface area contributed by atoms with Crippen LogP contribution in [0.25, 0.3) is 5.32 Å². The highest BCUT2D eigenvalue weighted by atomic mass is 35.5. The van der Waals surface area contributed by atoms with Crippen LogP contribution in [0.5, 0.6) is 5.75 Å². The average Bonchev–Trinajstić information content (AvgIpc) is 2.54. The SMILES string of the molecule is CC(C)(C)[N-]Cc1ccc(OC(F)(F)F)c(Cl)c1.Cc1cc(C(N)=O)ccn1. The molecule has 1 heterocycles. The lowest BCUT2D eigenvalue weighted by Crippen LogP contribution is -2.17. The van der Waals surface area contributed by atoms with Crippen molar-refractivity contribution >= 4 is 17.5 Å². The van der Waals surface area contributed by atoms with Crippen molar-refractivity contribution in [3.63, 3.8) is 0 Å². The first kappa shape index (κ1) is 23.7. The zero-order valence-corrected chi connectivity index (χ0v) is 16.7. The second kappa shape index (κ2) is 9.75. The van der Waals surface area contributed by atoms with Crippen LogP contribution in [0.15, 0.2) is 36.5 Å². The van der Waals surface area contributed by atoms with E-state index in [1.54, 1.807) is 18.3 Å². The number of primary amides is 1. The summed E-state index contributed by atoms with van der Waals surface area (Å²) in [6.07, 6.45) is -3.17. The van der Waals surface area contributed by atoms with Gasteiger partial charge in [-0.3, -0.25) is 9.78 Å². The van der Waals surface area contributed by atoms with Crippen molar-refractivity contribution in [3.05, 3.63) is 63.7 Å². The molecule has 0 fully saturated rings. The van der Waals surface area contributed by atoms with Crippen molar-refractivity contribution in [1.82, 2.24) is 4.98 Å². The van der Waals surface area contributed by atoms with Gasteiger partial charge in [0.25, 0.3) is 0 Å². The third-order valence-electron chi connectivity index (χ3n) is 3.14. The van der Waals surface area contributed by atoms with Gasteiger partial charge in [-0.1, -0.05) is 44.0 Å². The van der Waals surface area contributed by atoms with E-state index in [9.17, 15) is 18.0 Å². The van der Waals surface area contributed by atoms with Crippen LogP contribution < -0.4 is 10.5 Å². The number of rotatable bonds is 4. The fourth-order valence-electron chi connectivity index (χ4n) is 1.88. The van der Waals surface area contributed by atoms with Crippen LogP contribution in [-0.2, 0) is 6.54 Å². The van der Waals surface area contributed by atoms with Crippen LogP contribution in [-0.4, -0.2) is 22.8 Å². The number of hydrogen-bond donors (Lipinski definition) is 1. The molecule has 0 aliphatic carbocycles. The number of carbonyl (C=O) groups excluding carboxylic acids is 1. The van der Waals surface area contributed by atoms with E-state index in [1.807, 2.05) is 27.7 Å². The van der Waals surface area contributed by atoms with Crippen LogP contribution in [0.3, 0.4) is 0 Å². The van der Waals surface area contributed by atoms with E-state index >= 15 is 0 Å². The standard InChI is InChI=1S/C12H14ClF3NO.C7H8N2O/c1-11(2,3)17-7-8-4-5-10(9(13)6-8)18-12(14,15)16;1-5-4-6(7(8)10)2-3-9-5/h4-6H,7H2,1-3H3;2-4H,1H3,(H2,8,10)/q-1;. The Labute approximate surface area is 167 Å². The van der Waals surface area contributed by atoms with Gasteiger partial charge in [0.15, 0.2) is 0 Å². The van der Waals surface area contributed by atoms with E-state index in [0.29, 0.717) is 12.1 Å². The van der Waals surface area contributed by atoms with Gasteiger partial charge in [-0.05, 0) is 31.2 Å². The molecule has 1 amide bonds. The van der Waals surface area contributed by atoms with Gasteiger partial charge in [0.2, 0.25) is 5.91 Å². The Morgan fingerprint density at radius 1 is 1.21 bits per heavy atom. The zero-order valence-electron chi connectivity index (χ0n) is 16.0. The monoisotopic (exact) mass is 416 g/mol. The van der Waals surface area contributed by atoms with Crippen molar-refractivity contribution in [2.45, 2.75) is 46.1 Å². The maximum absolute atomic E-state index is 12.0. The number of nitrogens with two attached hydrogens (primary N) is 1. The highest BCUT2D eigenvalue weighted by molar-refractivity contribution is 6.32. The first-order valence-corrected chi connectivity index (χ1v) is 8.60. The van der Waals surface area contributed by atoms with Gasteiger partial charge in [-0.2, -0.15) is 0 Å². The third kappa shape index (κ3) is 9.57. The van der Waals surface area contributed by atoms with Gasteiger partial charge in [0.1, 0.15) is 5.75 Å². The zero-order chi connectivity index (χ0) is 21.5. The summed E-state index contributed by atoms with van der Waals surface area (Å²) in [4.78, 5) is 14.5. The van der Waals surface area contributed by atoms with Crippen molar-refractivity contribution in [2.24, 2.45) is 5.73 Å². The predicted molar refractivity (Wildman–Crippen MR) is 102 cm³/mol. The number of aryl methyl sites for hydroxylation is 1. The Bertz CT molecular complexity index is 806. The quantitative estimate of drug-likeness (QED) is 0.724. The Morgan fingerprint density at radius 2 is 1.86 bits per heavy atom. The molecule has 0 saturated heterocycles. The molecule has 2 N–H and O–H groups in total. The Kier molecular flexibility index (Phi) is 8.26. The van der Waals surface area contributed by atoms with Gasteiger partial charge >= 0.3 is 6.36 Å². The second-order valence-electron chi connectivity index (χ2n) is 6.85. The first-order chi connectivity index (χ1) is 12.8. The number of aromatic nitrogens is 1. The molecule has 0 bridgehead atoms. The molecular formula is C19H22ClF3N3O2-.